The number of hydrogen-bond acceptors (Lipinski definition) is 7. The highest BCUT2D eigenvalue weighted by molar-refractivity contribution is 7.91. The predicted octanol–water partition coefficient (Wildman–Crippen LogP) is 2.55. The van der Waals surface area contributed by atoms with E-state index in [4.69, 9.17) is 0 Å². The van der Waals surface area contributed by atoms with Crippen LogP contribution in [-0.4, -0.2) is 47.4 Å². The first-order chi connectivity index (χ1) is 13.6. The second kappa shape index (κ2) is 9.93. The number of benzene rings is 1. The average Bonchev–Trinajstić information content (AvgIpc) is 2.59. The van der Waals surface area contributed by atoms with Crippen molar-refractivity contribution in [3.8, 4) is 0 Å². The monoisotopic (exact) mass is 425 g/mol. The van der Waals surface area contributed by atoms with Crippen LogP contribution in [0.4, 0.5) is 16.3 Å². The van der Waals surface area contributed by atoms with E-state index in [9.17, 15) is 17.9 Å². The number of nitrogens with one attached hydrogen (secondary N) is 2. The topological polar surface area (TPSA) is 117 Å². The zero-order valence-electron chi connectivity index (χ0n) is 17.1. The van der Waals surface area contributed by atoms with Gasteiger partial charge < -0.3 is 10.4 Å². The van der Waals surface area contributed by atoms with Crippen LogP contribution in [0.2, 0.25) is 0 Å². The Balaban J connectivity index is 2.32. The van der Waals surface area contributed by atoms with Gasteiger partial charge in [-0.05, 0) is 29.9 Å². The first-order valence-electron chi connectivity index (χ1n) is 9.42. The van der Waals surface area contributed by atoms with E-state index >= 15 is 0 Å². The van der Waals surface area contributed by atoms with E-state index in [1.807, 2.05) is 20.8 Å². The van der Waals surface area contributed by atoms with Gasteiger partial charge in [0.2, 0.25) is 21.9 Å². The third kappa shape index (κ3) is 7.54. The third-order valence-corrected chi connectivity index (χ3v) is 4.75. The zero-order valence-corrected chi connectivity index (χ0v) is 17.9. The van der Waals surface area contributed by atoms with Crippen LogP contribution >= 0.6 is 0 Å². The van der Waals surface area contributed by atoms with Gasteiger partial charge in [0.1, 0.15) is 11.6 Å². The third-order valence-electron chi connectivity index (χ3n) is 4.19. The molecular formula is C19H28FN5O3S. The largest absolute Gasteiger partial charge is 0.394 e. The summed E-state index contributed by atoms with van der Waals surface area (Å²) in [6.07, 6.45) is 1.96. The highest BCUT2D eigenvalue weighted by atomic mass is 32.2. The van der Waals surface area contributed by atoms with Crippen molar-refractivity contribution >= 4 is 21.9 Å². The van der Waals surface area contributed by atoms with Crippen molar-refractivity contribution in [1.82, 2.24) is 15.0 Å². The van der Waals surface area contributed by atoms with Crippen LogP contribution in [0, 0.1) is 11.7 Å². The number of aromatic nitrogens is 3. The van der Waals surface area contributed by atoms with Crippen LogP contribution in [0.25, 0.3) is 0 Å². The second-order valence-electron chi connectivity index (χ2n) is 7.55. The van der Waals surface area contributed by atoms with Gasteiger partial charge in [-0.25, -0.2) is 12.8 Å². The lowest BCUT2D eigenvalue weighted by atomic mass is 9.97. The van der Waals surface area contributed by atoms with Gasteiger partial charge in [-0.1, -0.05) is 39.0 Å². The molecule has 2 atom stereocenters. The molecule has 160 valence electrons. The highest BCUT2D eigenvalue weighted by Gasteiger charge is 2.18. The van der Waals surface area contributed by atoms with Crippen LogP contribution in [0.3, 0.4) is 0 Å². The molecule has 0 aliphatic heterocycles. The Morgan fingerprint density at radius 1 is 1.10 bits per heavy atom. The molecule has 0 saturated heterocycles. The quantitative estimate of drug-likeness (QED) is 0.535. The summed E-state index contributed by atoms with van der Waals surface area (Å²) in [4.78, 5) is 12.6. The van der Waals surface area contributed by atoms with Crippen molar-refractivity contribution in [3.63, 3.8) is 0 Å². The van der Waals surface area contributed by atoms with Gasteiger partial charge in [0.15, 0.2) is 0 Å². The van der Waals surface area contributed by atoms with Gasteiger partial charge in [-0.15, -0.1) is 0 Å². The van der Waals surface area contributed by atoms with Gasteiger partial charge in [0.05, 0.1) is 18.9 Å². The fourth-order valence-corrected chi connectivity index (χ4v) is 3.40. The number of aliphatic hydroxyl groups is 1. The summed E-state index contributed by atoms with van der Waals surface area (Å²) in [6.45, 7) is 5.76. The highest BCUT2D eigenvalue weighted by Crippen LogP contribution is 2.23. The summed E-state index contributed by atoms with van der Waals surface area (Å²) in [5.41, 5.74) is 0.521. The van der Waals surface area contributed by atoms with Gasteiger partial charge >= 0.3 is 0 Å². The number of hydrogen-bond donors (Lipinski definition) is 3. The van der Waals surface area contributed by atoms with E-state index < -0.39 is 10.0 Å². The summed E-state index contributed by atoms with van der Waals surface area (Å²) in [7, 11) is -3.59. The number of nitrogens with zero attached hydrogens (tertiary/aromatic N) is 3. The molecule has 0 unspecified atom stereocenters. The second-order valence-corrected chi connectivity index (χ2v) is 9.30. The fraction of sp³-hybridized carbons (Fsp3) is 0.526. The number of rotatable bonds is 10. The molecule has 0 aliphatic rings. The SMILES string of the molecule is CC(C)C[C@H](CO)Nc1nc(C[C@@H](C)c2ccccc2F)nc(NS(C)(=O)=O)n1. The molecule has 2 rings (SSSR count). The van der Waals surface area contributed by atoms with Gasteiger partial charge in [0.25, 0.3) is 0 Å². The molecule has 0 radical (unpaired) electrons. The molecule has 3 N–H and O–H groups in total. The van der Waals surface area contributed by atoms with Crippen LogP contribution in [0.1, 0.15) is 44.5 Å². The molecule has 29 heavy (non-hydrogen) atoms. The Bertz CT molecular complexity index is 924. The van der Waals surface area contributed by atoms with Crippen LogP contribution < -0.4 is 10.0 Å². The van der Waals surface area contributed by atoms with E-state index in [2.05, 4.69) is 25.0 Å². The number of anilines is 2. The molecule has 8 nitrogen and oxygen atoms in total. The molecule has 0 saturated carbocycles. The van der Waals surface area contributed by atoms with Crippen molar-refractivity contribution in [1.29, 1.82) is 0 Å². The average molecular weight is 426 g/mol. The molecule has 0 spiro atoms. The lowest BCUT2D eigenvalue weighted by Crippen LogP contribution is -2.27. The van der Waals surface area contributed by atoms with Crippen molar-refractivity contribution in [2.45, 2.75) is 45.6 Å². The molecule has 0 aliphatic carbocycles. The summed E-state index contributed by atoms with van der Waals surface area (Å²) in [5.74, 6) is 0.117. The maximum absolute atomic E-state index is 14.1. The number of halogens is 1. The van der Waals surface area contributed by atoms with E-state index in [1.165, 1.54) is 6.07 Å². The summed E-state index contributed by atoms with van der Waals surface area (Å²) < 4.78 is 39.6. The zero-order chi connectivity index (χ0) is 21.6. The maximum Gasteiger partial charge on any atom is 0.241 e. The first-order valence-corrected chi connectivity index (χ1v) is 11.3. The Kier molecular flexibility index (Phi) is 7.86. The normalized spacial score (nSPS) is 13.9. The summed E-state index contributed by atoms with van der Waals surface area (Å²) in [5, 5.41) is 12.6. The van der Waals surface area contributed by atoms with Crippen molar-refractivity contribution in [2.75, 3.05) is 22.9 Å². The molecule has 2 aromatic rings. The molecular weight excluding hydrogens is 397 g/mol. The Morgan fingerprint density at radius 2 is 1.76 bits per heavy atom. The van der Waals surface area contributed by atoms with Crippen molar-refractivity contribution in [3.05, 3.63) is 41.5 Å². The molecule has 10 heteroatoms. The smallest absolute Gasteiger partial charge is 0.241 e. The molecule has 0 bridgehead atoms. The maximum atomic E-state index is 14.1. The predicted molar refractivity (Wildman–Crippen MR) is 111 cm³/mol. The molecule has 1 heterocycles. The molecule has 0 amide bonds. The van der Waals surface area contributed by atoms with E-state index in [0.29, 0.717) is 23.7 Å². The molecule has 1 aromatic carbocycles. The Labute approximate surface area is 171 Å². The van der Waals surface area contributed by atoms with Gasteiger partial charge in [-0.3, -0.25) is 4.72 Å². The molecule has 1 aromatic heterocycles. The lowest BCUT2D eigenvalue weighted by Gasteiger charge is -2.19. The number of aliphatic hydroxyl groups excluding tert-OH is 1. The van der Waals surface area contributed by atoms with Crippen LogP contribution in [-0.2, 0) is 16.4 Å². The van der Waals surface area contributed by atoms with E-state index in [0.717, 1.165) is 6.26 Å². The van der Waals surface area contributed by atoms with E-state index in [-0.39, 0.29) is 42.7 Å². The van der Waals surface area contributed by atoms with Crippen LogP contribution in [0.5, 0.6) is 0 Å². The summed E-state index contributed by atoms with van der Waals surface area (Å²) in [6, 6.07) is 6.17. The van der Waals surface area contributed by atoms with E-state index in [1.54, 1.807) is 18.2 Å². The minimum absolute atomic E-state index is 0.123. The van der Waals surface area contributed by atoms with Crippen LogP contribution in [0.15, 0.2) is 24.3 Å². The minimum atomic E-state index is -3.59. The van der Waals surface area contributed by atoms with Gasteiger partial charge in [-0.2, -0.15) is 15.0 Å². The Morgan fingerprint density at radius 3 is 2.34 bits per heavy atom. The minimum Gasteiger partial charge on any atom is -0.394 e. The Hall–Kier alpha value is -2.33. The van der Waals surface area contributed by atoms with Crippen molar-refractivity contribution < 1.29 is 17.9 Å². The standard InChI is InChI=1S/C19H28FN5O3S/c1-12(2)9-14(11-26)21-18-22-17(23-19(24-18)25-29(4,27)28)10-13(3)15-7-5-6-8-16(15)20/h5-8,12-14,26H,9-11H2,1-4H3,(H2,21,22,23,24,25)/t13-,14-/m1/s1. The lowest BCUT2D eigenvalue weighted by molar-refractivity contribution is 0.259. The van der Waals surface area contributed by atoms with Gasteiger partial charge in [0, 0.05) is 6.42 Å². The number of sulfonamides is 1. The fourth-order valence-electron chi connectivity index (χ4n) is 2.98. The molecule has 0 fully saturated rings. The van der Waals surface area contributed by atoms with Crippen molar-refractivity contribution in [2.24, 2.45) is 5.92 Å². The summed E-state index contributed by atoms with van der Waals surface area (Å²) >= 11 is 0. The first kappa shape index (κ1) is 23.0.